The minimum atomic E-state index is -0.176. The Morgan fingerprint density at radius 1 is 1.30 bits per heavy atom. The zero-order chi connectivity index (χ0) is 17.0. The van der Waals surface area contributed by atoms with E-state index in [0.29, 0.717) is 24.8 Å². The van der Waals surface area contributed by atoms with Crippen molar-refractivity contribution in [3.63, 3.8) is 0 Å². The van der Waals surface area contributed by atoms with Gasteiger partial charge < -0.3 is 14.8 Å². The molecule has 1 amide bonds. The quantitative estimate of drug-likeness (QED) is 0.879. The average Bonchev–Trinajstić information content (AvgIpc) is 2.51. The second-order valence-corrected chi connectivity index (χ2v) is 6.22. The lowest BCUT2D eigenvalue weighted by Gasteiger charge is -2.16. The molecule has 124 valence electrons. The molecule has 1 aromatic heterocycles. The first-order valence-electron chi connectivity index (χ1n) is 7.83. The number of benzene rings is 1. The highest BCUT2D eigenvalue weighted by Crippen LogP contribution is 2.13. The van der Waals surface area contributed by atoms with Crippen molar-refractivity contribution in [1.82, 2.24) is 14.9 Å². The van der Waals surface area contributed by atoms with E-state index in [-0.39, 0.29) is 17.9 Å². The molecule has 0 fully saturated rings. The molecule has 0 aliphatic rings. The molecule has 2 aromatic rings. The fourth-order valence-electron chi connectivity index (χ4n) is 2.31. The number of rotatable bonds is 6. The first-order valence-corrected chi connectivity index (χ1v) is 7.83. The molecule has 2 rings (SSSR count). The van der Waals surface area contributed by atoms with Crippen LogP contribution in [0.5, 0.6) is 0 Å². The summed E-state index contributed by atoms with van der Waals surface area (Å²) in [5, 5.41) is 2.88. The van der Waals surface area contributed by atoms with Gasteiger partial charge in [-0.1, -0.05) is 26.0 Å². The van der Waals surface area contributed by atoms with Gasteiger partial charge in [0.25, 0.3) is 5.56 Å². The summed E-state index contributed by atoms with van der Waals surface area (Å²) in [6.45, 7) is 5.08. The smallest absolute Gasteiger partial charge is 0.293 e. The number of amides is 1. The van der Waals surface area contributed by atoms with Crippen molar-refractivity contribution in [3.05, 3.63) is 34.6 Å². The number of para-hydroxylation sites is 2. The molecule has 0 radical (unpaired) electrons. The fourth-order valence-corrected chi connectivity index (χ4v) is 2.31. The predicted molar refractivity (Wildman–Crippen MR) is 92.8 cm³/mol. The van der Waals surface area contributed by atoms with Gasteiger partial charge in [-0.15, -0.1) is 0 Å². The number of aromatic nitrogens is 2. The summed E-state index contributed by atoms with van der Waals surface area (Å²) in [4.78, 5) is 30.7. The van der Waals surface area contributed by atoms with Crippen LogP contribution in [-0.2, 0) is 11.3 Å². The number of hydrogen-bond donors (Lipinski definition) is 1. The maximum absolute atomic E-state index is 12.6. The van der Waals surface area contributed by atoms with Gasteiger partial charge in [0.05, 0.1) is 11.0 Å². The Hall–Kier alpha value is -2.37. The number of nitrogens with one attached hydrogen (secondary N) is 1. The van der Waals surface area contributed by atoms with E-state index >= 15 is 0 Å². The van der Waals surface area contributed by atoms with Crippen molar-refractivity contribution in [1.29, 1.82) is 0 Å². The monoisotopic (exact) mass is 316 g/mol. The molecule has 0 spiro atoms. The summed E-state index contributed by atoms with van der Waals surface area (Å²) in [7, 11) is 3.58. The Morgan fingerprint density at radius 2 is 2.00 bits per heavy atom. The molecule has 0 unspecified atom stereocenters. The summed E-state index contributed by atoms with van der Waals surface area (Å²) in [6, 6.07) is 7.49. The third-order valence-corrected chi connectivity index (χ3v) is 3.53. The van der Waals surface area contributed by atoms with E-state index in [2.05, 4.69) is 10.3 Å². The van der Waals surface area contributed by atoms with Crippen molar-refractivity contribution >= 4 is 22.8 Å². The Labute approximate surface area is 136 Å². The van der Waals surface area contributed by atoms with Gasteiger partial charge in [0.15, 0.2) is 5.82 Å². The number of aryl methyl sites for hydroxylation is 1. The van der Waals surface area contributed by atoms with Crippen molar-refractivity contribution < 1.29 is 4.79 Å². The second-order valence-electron chi connectivity index (χ2n) is 6.22. The van der Waals surface area contributed by atoms with Crippen molar-refractivity contribution in [2.45, 2.75) is 26.8 Å². The maximum atomic E-state index is 12.6. The summed E-state index contributed by atoms with van der Waals surface area (Å²) in [5.74, 6) is 0.743. The van der Waals surface area contributed by atoms with E-state index in [1.54, 1.807) is 23.6 Å². The molecule has 0 aliphatic heterocycles. The average molecular weight is 316 g/mol. The summed E-state index contributed by atoms with van der Waals surface area (Å²) < 4.78 is 1.63. The first kappa shape index (κ1) is 17.0. The molecule has 0 saturated carbocycles. The number of anilines is 1. The van der Waals surface area contributed by atoms with E-state index in [1.807, 2.05) is 38.1 Å². The first-order chi connectivity index (χ1) is 10.9. The minimum Gasteiger partial charge on any atom is -0.358 e. The Balaban J connectivity index is 2.30. The Morgan fingerprint density at radius 3 is 2.65 bits per heavy atom. The van der Waals surface area contributed by atoms with Gasteiger partial charge in [0, 0.05) is 33.6 Å². The Kier molecular flexibility index (Phi) is 5.36. The molecule has 0 bridgehead atoms. The zero-order valence-electron chi connectivity index (χ0n) is 14.2. The van der Waals surface area contributed by atoms with Crippen LogP contribution < -0.4 is 15.8 Å². The van der Waals surface area contributed by atoms with Crippen LogP contribution in [0.3, 0.4) is 0 Å². The molecule has 0 atom stereocenters. The zero-order valence-corrected chi connectivity index (χ0v) is 14.2. The highest BCUT2D eigenvalue weighted by molar-refractivity contribution is 5.78. The normalized spacial score (nSPS) is 11.0. The SMILES string of the molecule is CC(C)CNC(=O)CCn1c(=O)c(N(C)C)nc2ccccc21. The molecule has 1 aromatic carbocycles. The van der Waals surface area contributed by atoms with Crippen molar-refractivity contribution in [2.75, 3.05) is 25.5 Å². The van der Waals surface area contributed by atoms with Gasteiger partial charge in [-0.3, -0.25) is 9.59 Å². The molecule has 23 heavy (non-hydrogen) atoms. The topological polar surface area (TPSA) is 67.2 Å². The highest BCUT2D eigenvalue weighted by Gasteiger charge is 2.13. The lowest BCUT2D eigenvalue weighted by molar-refractivity contribution is -0.121. The van der Waals surface area contributed by atoms with E-state index < -0.39 is 0 Å². The summed E-state index contributed by atoms with van der Waals surface area (Å²) in [6.07, 6.45) is 0.271. The second kappa shape index (κ2) is 7.26. The lowest BCUT2D eigenvalue weighted by Crippen LogP contribution is -2.32. The van der Waals surface area contributed by atoms with Crippen LogP contribution >= 0.6 is 0 Å². The van der Waals surface area contributed by atoms with Crippen LogP contribution in [0.15, 0.2) is 29.1 Å². The van der Waals surface area contributed by atoms with Gasteiger partial charge in [-0.2, -0.15) is 0 Å². The molecule has 1 heterocycles. The standard InChI is InChI=1S/C17H24N4O2/c1-12(2)11-18-15(22)9-10-21-14-8-6-5-7-13(14)19-16(17(21)23)20(3)4/h5-8,12H,9-11H2,1-4H3,(H,18,22). The number of carbonyl (C=O) groups is 1. The van der Waals surface area contributed by atoms with Crippen LogP contribution in [-0.4, -0.2) is 36.1 Å². The van der Waals surface area contributed by atoms with Crippen LogP contribution in [0.1, 0.15) is 20.3 Å². The molecular weight excluding hydrogens is 292 g/mol. The highest BCUT2D eigenvalue weighted by atomic mass is 16.2. The van der Waals surface area contributed by atoms with E-state index in [1.165, 1.54) is 0 Å². The van der Waals surface area contributed by atoms with Crippen molar-refractivity contribution in [2.24, 2.45) is 5.92 Å². The number of fused-ring (bicyclic) bond motifs is 1. The predicted octanol–water partition coefficient (Wildman–Crippen LogP) is 1.62. The molecule has 1 N–H and O–H groups in total. The molecule has 6 nitrogen and oxygen atoms in total. The number of carbonyl (C=O) groups excluding carboxylic acids is 1. The van der Waals surface area contributed by atoms with E-state index in [4.69, 9.17) is 0 Å². The lowest BCUT2D eigenvalue weighted by atomic mass is 10.2. The van der Waals surface area contributed by atoms with E-state index in [0.717, 1.165) is 11.0 Å². The third kappa shape index (κ3) is 4.09. The maximum Gasteiger partial charge on any atom is 0.293 e. The Bertz CT molecular complexity index is 750. The summed E-state index contributed by atoms with van der Waals surface area (Å²) >= 11 is 0. The fraction of sp³-hybridized carbons (Fsp3) is 0.471. The van der Waals surface area contributed by atoms with Gasteiger partial charge >= 0.3 is 0 Å². The largest absolute Gasteiger partial charge is 0.358 e. The van der Waals surface area contributed by atoms with Crippen LogP contribution in [0, 0.1) is 5.92 Å². The number of hydrogen-bond acceptors (Lipinski definition) is 4. The van der Waals surface area contributed by atoms with Crippen LogP contribution in [0.4, 0.5) is 5.82 Å². The van der Waals surface area contributed by atoms with Gasteiger partial charge in [0.2, 0.25) is 5.91 Å². The molecular formula is C17H24N4O2. The van der Waals surface area contributed by atoms with Crippen LogP contribution in [0.25, 0.3) is 11.0 Å². The van der Waals surface area contributed by atoms with Gasteiger partial charge in [-0.05, 0) is 18.1 Å². The molecule has 6 heteroatoms. The minimum absolute atomic E-state index is 0.0436. The van der Waals surface area contributed by atoms with Crippen molar-refractivity contribution in [3.8, 4) is 0 Å². The molecule has 0 saturated heterocycles. The van der Waals surface area contributed by atoms with Gasteiger partial charge in [-0.25, -0.2) is 4.98 Å². The van der Waals surface area contributed by atoms with Gasteiger partial charge in [0.1, 0.15) is 0 Å². The number of nitrogens with zero attached hydrogens (tertiary/aromatic N) is 3. The van der Waals surface area contributed by atoms with E-state index in [9.17, 15) is 9.59 Å². The third-order valence-electron chi connectivity index (χ3n) is 3.53. The molecule has 0 aliphatic carbocycles. The summed E-state index contributed by atoms with van der Waals surface area (Å²) in [5.41, 5.74) is 1.32. The van der Waals surface area contributed by atoms with Crippen LogP contribution in [0.2, 0.25) is 0 Å².